The van der Waals surface area contributed by atoms with Crippen molar-refractivity contribution in [3.63, 3.8) is 0 Å². The summed E-state index contributed by atoms with van der Waals surface area (Å²) in [6.45, 7) is 0. The Morgan fingerprint density at radius 2 is 1.68 bits per heavy atom. The highest BCUT2D eigenvalue weighted by Crippen LogP contribution is 2.31. The number of H-pyrrole nitrogens is 1. The van der Waals surface area contributed by atoms with Gasteiger partial charge in [0.25, 0.3) is 5.78 Å². The molecular formula is C15H8N6S. The molecule has 0 amide bonds. The highest BCUT2D eigenvalue weighted by molar-refractivity contribution is 7.71. The van der Waals surface area contributed by atoms with E-state index in [0.717, 1.165) is 32.7 Å². The Labute approximate surface area is 128 Å². The number of rotatable bonds is 0. The van der Waals surface area contributed by atoms with Crippen molar-refractivity contribution in [2.24, 2.45) is 0 Å². The average Bonchev–Trinajstić information content (AvgIpc) is 2.94. The largest absolute Gasteiger partial charge is 0.271 e. The predicted octanol–water partition coefficient (Wildman–Crippen LogP) is 3.04. The van der Waals surface area contributed by atoms with Crippen molar-refractivity contribution in [2.45, 2.75) is 0 Å². The second-order valence-electron chi connectivity index (χ2n) is 4.99. The first-order valence-corrected chi connectivity index (χ1v) is 7.14. The molecule has 0 saturated carbocycles. The first-order chi connectivity index (χ1) is 10.8. The van der Waals surface area contributed by atoms with E-state index in [2.05, 4.69) is 25.3 Å². The fourth-order valence-electron chi connectivity index (χ4n) is 2.82. The highest BCUT2D eigenvalue weighted by Gasteiger charge is 2.13. The molecule has 0 fully saturated rings. The molecule has 0 saturated heterocycles. The van der Waals surface area contributed by atoms with Crippen molar-refractivity contribution in [3.8, 4) is 0 Å². The quantitative estimate of drug-likeness (QED) is 0.352. The van der Waals surface area contributed by atoms with Crippen LogP contribution in [-0.4, -0.2) is 29.8 Å². The van der Waals surface area contributed by atoms with E-state index in [-0.39, 0.29) is 0 Å². The Balaban J connectivity index is 2.21. The van der Waals surface area contributed by atoms with E-state index in [0.29, 0.717) is 10.5 Å². The van der Waals surface area contributed by atoms with Crippen molar-refractivity contribution in [1.29, 1.82) is 0 Å². The van der Waals surface area contributed by atoms with E-state index < -0.39 is 0 Å². The molecule has 3 aromatic heterocycles. The molecule has 0 spiro atoms. The third-order valence-corrected chi connectivity index (χ3v) is 4.03. The van der Waals surface area contributed by atoms with Crippen LogP contribution in [-0.2, 0) is 0 Å². The fraction of sp³-hybridized carbons (Fsp3) is 0. The lowest BCUT2D eigenvalue weighted by atomic mass is 10.0. The van der Waals surface area contributed by atoms with Crippen molar-refractivity contribution >= 4 is 50.7 Å². The fourth-order valence-corrected chi connectivity index (χ4v) is 2.99. The maximum absolute atomic E-state index is 5.20. The SMILES string of the molecule is S=c1[nH]nc2nc3c4cccnc4c4ccccc4c3nn12. The van der Waals surface area contributed by atoms with Gasteiger partial charge in [-0.2, -0.15) is 9.61 Å². The summed E-state index contributed by atoms with van der Waals surface area (Å²) in [5, 5.41) is 14.5. The summed E-state index contributed by atoms with van der Waals surface area (Å²) >= 11 is 5.20. The van der Waals surface area contributed by atoms with E-state index in [9.17, 15) is 0 Å². The number of aromatic amines is 1. The van der Waals surface area contributed by atoms with Crippen LogP contribution >= 0.6 is 12.2 Å². The predicted molar refractivity (Wildman–Crippen MR) is 86.3 cm³/mol. The van der Waals surface area contributed by atoms with Crippen molar-refractivity contribution < 1.29 is 0 Å². The Morgan fingerprint density at radius 3 is 2.55 bits per heavy atom. The van der Waals surface area contributed by atoms with E-state index in [1.165, 1.54) is 0 Å². The zero-order chi connectivity index (χ0) is 14.7. The Hall–Kier alpha value is -2.93. The van der Waals surface area contributed by atoms with Crippen LogP contribution in [0.3, 0.4) is 0 Å². The van der Waals surface area contributed by atoms with Crippen LogP contribution in [0.15, 0.2) is 42.6 Å². The van der Waals surface area contributed by atoms with Gasteiger partial charge in [-0.3, -0.25) is 4.98 Å². The molecule has 6 nitrogen and oxygen atoms in total. The summed E-state index contributed by atoms with van der Waals surface area (Å²) in [5.74, 6) is 0.456. The van der Waals surface area contributed by atoms with Crippen LogP contribution in [0.25, 0.3) is 38.5 Å². The molecule has 0 aliphatic rings. The standard InChI is InChI=1S/C15H8N6S/c22-15-19-18-14-17-12-10-6-3-7-16-11(10)8-4-1-2-5-9(8)13(12)20-21(14)15/h1-7H,(H,19,22). The van der Waals surface area contributed by atoms with E-state index in [1.807, 2.05) is 36.4 Å². The Morgan fingerprint density at radius 1 is 0.909 bits per heavy atom. The molecule has 22 heavy (non-hydrogen) atoms. The number of hydrogen-bond donors (Lipinski definition) is 1. The van der Waals surface area contributed by atoms with Gasteiger partial charge in [-0.15, -0.1) is 5.10 Å². The van der Waals surface area contributed by atoms with Gasteiger partial charge in [0, 0.05) is 22.4 Å². The van der Waals surface area contributed by atoms with Gasteiger partial charge < -0.3 is 0 Å². The third kappa shape index (κ3) is 1.40. The van der Waals surface area contributed by atoms with E-state index >= 15 is 0 Å². The minimum absolute atomic E-state index is 0.430. The van der Waals surface area contributed by atoms with Crippen molar-refractivity contribution in [1.82, 2.24) is 29.8 Å². The van der Waals surface area contributed by atoms with Gasteiger partial charge in [0.15, 0.2) is 0 Å². The van der Waals surface area contributed by atoms with Crippen LogP contribution in [0.2, 0.25) is 0 Å². The summed E-state index contributed by atoms with van der Waals surface area (Å²) in [6.07, 6.45) is 1.79. The average molecular weight is 304 g/mol. The number of hydrogen-bond acceptors (Lipinski definition) is 5. The summed E-state index contributed by atoms with van der Waals surface area (Å²) in [5.41, 5.74) is 2.49. The molecule has 104 valence electrons. The summed E-state index contributed by atoms with van der Waals surface area (Å²) in [4.78, 5) is 9.15. The van der Waals surface area contributed by atoms with Crippen LogP contribution < -0.4 is 0 Å². The van der Waals surface area contributed by atoms with Crippen molar-refractivity contribution in [3.05, 3.63) is 47.4 Å². The second-order valence-corrected chi connectivity index (χ2v) is 5.38. The van der Waals surface area contributed by atoms with Gasteiger partial charge in [0.1, 0.15) is 11.0 Å². The maximum Gasteiger partial charge on any atom is 0.271 e. The molecule has 0 aliphatic heterocycles. The smallest absolute Gasteiger partial charge is 0.256 e. The van der Waals surface area contributed by atoms with Gasteiger partial charge in [-0.05, 0) is 24.4 Å². The molecule has 5 rings (SSSR count). The molecule has 0 radical (unpaired) electrons. The molecule has 0 aliphatic carbocycles. The topological polar surface area (TPSA) is 71.8 Å². The number of pyridine rings is 1. The number of fused-ring (bicyclic) bond motifs is 7. The van der Waals surface area contributed by atoms with Crippen molar-refractivity contribution in [2.75, 3.05) is 0 Å². The molecule has 3 heterocycles. The first-order valence-electron chi connectivity index (χ1n) is 6.73. The molecule has 1 N–H and O–H groups in total. The van der Waals surface area contributed by atoms with Gasteiger partial charge in [0.2, 0.25) is 4.77 Å². The third-order valence-electron chi connectivity index (χ3n) is 3.77. The lowest BCUT2D eigenvalue weighted by Crippen LogP contribution is -1.98. The van der Waals surface area contributed by atoms with E-state index in [4.69, 9.17) is 12.2 Å². The monoisotopic (exact) mass is 304 g/mol. The molecular weight excluding hydrogens is 296 g/mol. The second kappa shape index (κ2) is 4.05. The van der Waals surface area contributed by atoms with Crippen LogP contribution in [0.5, 0.6) is 0 Å². The van der Waals surface area contributed by atoms with Crippen LogP contribution in [0.4, 0.5) is 0 Å². The Bertz CT molecular complexity index is 1250. The molecule has 2 aromatic carbocycles. The maximum atomic E-state index is 5.20. The normalized spacial score (nSPS) is 11.8. The van der Waals surface area contributed by atoms with Gasteiger partial charge in [-0.1, -0.05) is 24.3 Å². The van der Waals surface area contributed by atoms with Gasteiger partial charge >= 0.3 is 0 Å². The van der Waals surface area contributed by atoms with Crippen LogP contribution in [0.1, 0.15) is 0 Å². The number of nitrogens with one attached hydrogen (secondary N) is 1. The number of aromatic nitrogens is 6. The minimum Gasteiger partial charge on any atom is -0.256 e. The zero-order valence-electron chi connectivity index (χ0n) is 11.2. The number of benzene rings is 2. The summed E-state index contributed by atoms with van der Waals surface area (Å²) < 4.78 is 1.98. The number of nitrogens with zero attached hydrogens (tertiary/aromatic N) is 5. The first kappa shape index (κ1) is 11.7. The molecule has 0 atom stereocenters. The molecule has 5 aromatic rings. The highest BCUT2D eigenvalue weighted by atomic mass is 32.1. The minimum atomic E-state index is 0.430. The lowest BCUT2D eigenvalue weighted by Gasteiger charge is -2.07. The molecule has 0 unspecified atom stereocenters. The van der Waals surface area contributed by atoms with E-state index in [1.54, 1.807) is 10.7 Å². The lowest BCUT2D eigenvalue weighted by molar-refractivity contribution is 0.923. The molecule has 7 heteroatoms. The Kier molecular flexibility index (Phi) is 2.15. The van der Waals surface area contributed by atoms with Gasteiger partial charge in [-0.25, -0.2) is 10.1 Å². The summed E-state index contributed by atoms with van der Waals surface area (Å²) in [7, 11) is 0. The van der Waals surface area contributed by atoms with Gasteiger partial charge in [0.05, 0.1) is 5.52 Å². The van der Waals surface area contributed by atoms with Crippen LogP contribution in [0, 0.1) is 4.77 Å². The zero-order valence-corrected chi connectivity index (χ0v) is 12.0. The molecule has 0 bridgehead atoms. The summed E-state index contributed by atoms with van der Waals surface area (Å²) in [6, 6.07) is 12.0.